The number of carbonyl (C=O) groups excluding carboxylic acids is 3. The first-order valence-electron chi connectivity index (χ1n) is 9.35. The van der Waals surface area contributed by atoms with E-state index < -0.39 is 5.92 Å². The van der Waals surface area contributed by atoms with E-state index in [1.807, 2.05) is 24.3 Å². The Morgan fingerprint density at radius 1 is 1.17 bits per heavy atom. The second-order valence-corrected chi connectivity index (χ2v) is 7.01. The molecule has 8 nitrogen and oxygen atoms in total. The SMILES string of the molecule is O=C(Cn1nc(C2CCC(=O)NC2=O)c2ccccc21)NCc1ccc(O)cc1. The van der Waals surface area contributed by atoms with Gasteiger partial charge in [-0.2, -0.15) is 5.10 Å². The van der Waals surface area contributed by atoms with Gasteiger partial charge < -0.3 is 10.4 Å². The molecule has 2 heterocycles. The third-order valence-electron chi connectivity index (χ3n) is 4.98. The number of benzene rings is 2. The standard InChI is InChI=1S/C21H20N4O4/c26-14-7-5-13(6-8-14)11-22-19(28)12-25-17-4-2-1-3-15(17)20(24-25)16-9-10-18(27)23-21(16)29/h1-8,16,26H,9-12H2,(H,22,28)(H,23,27,29). The van der Waals surface area contributed by atoms with Crippen molar-refractivity contribution in [1.82, 2.24) is 20.4 Å². The summed E-state index contributed by atoms with van der Waals surface area (Å²) < 4.78 is 1.58. The quantitative estimate of drug-likeness (QED) is 0.571. The fourth-order valence-corrected chi connectivity index (χ4v) is 3.49. The number of aromatic hydroxyl groups is 1. The van der Waals surface area contributed by atoms with Gasteiger partial charge in [-0.05, 0) is 30.2 Å². The number of nitrogens with one attached hydrogen (secondary N) is 2. The number of carbonyl (C=O) groups is 3. The molecule has 148 valence electrons. The third kappa shape index (κ3) is 3.96. The first-order chi connectivity index (χ1) is 14.0. The van der Waals surface area contributed by atoms with Crippen LogP contribution in [-0.2, 0) is 27.5 Å². The van der Waals surface area contributed by atoms with Crippen molar-refractivity contribution in [3.8, 4) is 5.75 Å². The lowest BCUT2D eigenvalue weighted by atomic mass is 9.93. The zero-order valence-corrected chi connectivity index (χ0v) is 15.6. The van der Waals surface area contributed by atoms with Gasteiger partial charge in [-0.25, -0.2) is 0 Å². The predicted molar refractivity (Wildman–Crippen MR) is 105 cm³/mol. The lowest BCUT2D eigenvalue weighted by Gasteiger charge is -2.19. The van der Waals surface area contributed by atoms with E-state index in [0.717, 1.165) is 16.5 Å². The van der Waals surface area contributed by atoms with Gasteiger partial charge in [0.15, 0.2) is 0 Å². The molecule has 2 aromatic carbocycles. The van der Waals surface area contributed by atoms with Crippen molar-refractivity contribution in [2.75, 3.05) is 0 Å². The minimum atomic E-state index is -0.515. The highest BCUT2D eigenvalue weighted by Gasteiger charge is 2.31. The summed E-state index contributed by atoms with van der Waals surface area (Å²) >= 11 is 0. The molecule has 0 aliphatic carbocycles. The molecule has 29 heavy (non-hydrogen) atoms. The van der Waals surface area contributed by atoms with Gasteiger partial charge in [0.1, 0.15) is 12.3 Å². The number of amides is 3. The lowest BCUT2D eigenvalue weighted by molar-refractivity contribution is -0.134. The molecule has 1 atom stereocenters. The summed E-state index contributed by atoms with van der Waals surface area (Å²) in [5.41, 5.74) is 2.20. The summed E-state index contributed by atoms with van der Waals surface area (Å²) in [6.07, 6.45) is 0.670. The molecular weight excluding hydrogens is 372 g/mol. The Hall–Kier alpha value is -3.68. The number of hydrogen-bond acceptors (Lipinski definition) is 5. The molecule has 4 rings (SSSR count). The zero-order chi connectivity index (χ0) is 20.4. The number of para-hydroxylation sites is 1. The molecule has 0 spiro atoms. The molecule has 3 amide bonds. The summed E-state index contributed by atoms with van der Waals surface area (Å²) in [4.78, 5) is 36.2. The molecule has 3 N–H and O–H groups in total. The smallest absolute Gasteiger partial charge is 0.242 e. The van der Waals surface area contributed by atoms with E-state index in [2.05, 4.69) is 15.7 Å². The van der Waals surface area contributed by atoms with Crippen LogP contribution < -0.4 is 10.6 Å². The predicted octanol–water partition coefficient (Wildman–Crippen LogP) is 1.58. The number of nitrogens with zero attached hydrogens (tertiary/aromatic N) is 2. The number of fused-ring (bicyclic) bond motifs is 1. The molecule has 3 aromatic rings. The minimum absolute atomic E-state index is 0.00582. The van der Waals surface area contributed by atoms with Crippen molar-refractivity contribution in [3.05, 3.63) is 59.8 Å². The van der Waals surface area contributed by atoms with Crippen LogP contribution in [0.5, 0.6) is 5.75 Å². The Kier molecular flexibility index (Phi) is 4.99. The van der Waals surface area contributed by atoms with Gasteiger partial charge in [0.2, 0.25) is 17.7 Å². The summed E-state index contributed by atoms with van der Waals surface area (Å²) in [5.74, 6) is -1.19. The largest absolute Gasteiger partial charge is 0.508 e. The number of phenols is 1. The number of piperidine rings is 1. The van der Waals surface area contributed by atoms with E-state index in [-0.39, 0.29) is 36.4 Å². The molecule has 1 fully saturated rings. The van der Waals surface area contributed by atoms with Gasteiger partial charge in [-0.15, -0.1) is 0 Å². The van der Waals surface area contributed by atoms with Crippen LogP contribution in [-0.4, -0.2) is 32.6 Å². The van der Waals surface area contributed by atoms with Crippen molar-refractivity contribution in [1.29, 1.82) is 0 Å². The Balaban J connectivity index is 1.53. The Morgan fingerprint density at radius 2 is 1.93 bits per heavy atom. The van der Waals surface area contributed by atoms with E-state index in [0.29, 0.717) is 18.7 Å². The second kappa shape index (κ2) is 7.75. The number of rotatable bonds is 5. The Labute approximate surface area is 166 Å². The molecule has 1 unspecified atom stereocenters. The van der Waals surface area contributed by atoms with Crippen LogP contribution >= 0.6 is 0 Å². The van der Waals surface area contributed by atoms with Gasteiger partial charge in [0.05, 0.1) is 17.1 Å². The molecule has 1 aromatic heterocycles. The average Bonchev–Trinajstić information content (AvgIpc) is 3.06. The molecule has 8 heteroatoms. The maximum atomic E-state index is 12.4. The number of imide groups is 1. The molecular formula is C21H20N4O4. The van der Waals surface area contributed by atoms with Crippen LogP contribution in [0.2, 0.25) is 0 Å². The Bertz CT molecular complexity index is 1090. The highest BCUT2D eigenvalue weighted by molar-refractivity contribution is 6.02. The van der Waals surface area contributed by atoms with E-state index in [9.17, 15) is 19.5 Å². The molecule has 0 saturated carbocycles. The van der Waals surface area contributed by atoms with Gasteiger partial charge in [0.25, 0.3) is 0 Å². The van der Waals surface area contributed by atoms with Crippen LogP contribution in [0.3, 0.4) is 0 Å². The molecule has 1 saturated heterocycles. The second-order valence-electron chi connectivity index (χ2n) is 7.01. The lowest BCUT2D eigenvalue weighted by Crippen LogP contribution is -2.39. The summed E-state index contributed by atoms with van der Waals surface area (Å²) in [6.45, 7) is 0.337. The van der Waals surface area contributed by atoms with E-state index in [1.54, 1.807) is 28.9 Å². The van der Waals surface area contributed by atoms with Gasteiger partial charge in [0, 0.05) is 18.4 Å². The molecule has 1 aliphatic heterocycles. The maximum Gasteiger partial charge on any atom is 0.242 e. The molecule has 0 bridgehead atoms. The number of aromatic nitrogens is 2. The van der Waals surface area contributed by atoms with Crippen LogP contribution in [0.1, 0.15) is 30.0 Å². The molecule has 0 radical (unpaired) electrons. The van der Waals surface area contributed by atoms with Gasteiger partial charge >= 0.3 is 0 Å². The number of hydrogen-bond donors (Lipinski definition) is 3. The van der Waals surface area contributed by atoms with Gasteiger partial charge in [-0.1, -0.05) is 30.3 Å². The van der Waals surface area contributed by atoms with Gasteiger partial charge in [-0.3, -0.25) is 24.4 Å². The minimum Gasteiger partial charge on any atom is -0.508 e. The van der Waals surface area contributed by atoms with E-state index >= 15 is 0 Å². The fourth-order valence-electron chi connectivity index (χ4n) is 3.49. The fraction of sp³-hybridized carbons (Fsp3) is 0.238. The topological polar surface area (TPSA) is 113 Å². The normalized spacial score (nSPS) is 16.6. The van der Waals surface area contributed by atoms with E-state index in [4.69, 9.17) is 0 Å². The first-order valence-corrected chi connectivity index (χ1v) is 9.35. The van der Waals surface area contributed by atoms with Crippen molar-refractivity contribution < 1.29 is 19.5 Å². The third-order valence-corrected chi connectivity index (χ3v) is 4.98. The summed E-state index contributed by atoms with van der Waals surface area (Å²) in [5, 5.41) is 19.9. The summed E-state index contributed by atoms with van der Waals surface area (Å²) in [6, 6.07) is 14.0. The van der Waals surface area contributed by atoms with Crippen molar-refractivity contribution >= 4 is 28.6 Å². The highest BCUT2D eigenvalue weighted by atomic mass is 16.3. The van der Waals surface area contributed by atoms with Crippen LogP contribution in [0.25, 0.3) is 10.9 Å². The highest BCUT2D eigenvalue weighted by Crippen LogP contribution is 2.30. The average molecular weight is 392 g/mol. The summed E-state index contributed by atoms with van der Waals surface area (Å²) in [7, 11) is 0. The van der Waals surface area contributed by atoms with Crippen molar-refractivity contribution in [2.45, 2.75) is 31.8 Å². The Morgan fingerprint density at radius 3 is 2.69 bits per heavy atom. The molecule has 1 aliphatic rings. The monoisotopic (exact) mass is 392 g/mol. The van der Waals surface area contributed by atoms with Crippen LogP contribution in [0.15, 0.2) is 48.5 Å². The van der Waals surface area contributed by atoms with Crippen molar-refractivity contribution in [3.63, 3.8) is 0 Å². The first kappa shape index (κ1) is 18.7. The zero-order valence-electron chi connectivity index (χ0n) is 15.6. The van der Waals surface area contributed by atoms with Crippen molar-refractivity contribution in [2.24, 2.45) is 0 Å². The number of phenolic OH excluding ortho intramolecular Hbond substituents is 1. The van der Waals surface area contributed by atoms with Crippen LogP contribution in [0, 0.1) is 0 Å². The van der Waals surface area contributed by atoms with Crippen LogP contribution in [0.4, 0.5) is 0 Å². The maximum absolute atomic E-state index is 12.4. The van der Waals surface area contributed by atoms with E-state index in [1.165, 1.54) is 0 Å².